The first-order valence-electron chi connectivity index (χ1n) is 9.58. The average Bonchev–Trinajstić information content (AvgIpc) is 3.32. The number of carboxylic acid groups (broad SMARTS) is 1. The normalized spacial score (nSPS) is 21.2. The first-order valence-corrected chi connectivity index (χ1v) is 10.8. The second-order valence-corrected chi connectivity index (χ2v) is 8.72. The van der Waals surface area contributed by atoms with E-state index in [4.69, 9.17) is 21.1 Å². The third-order valence-corrected chi connectivity index (χ3v) is 6.62. The lowest BCUT2D eigenvalue weighted by atomic mass is 10.1. The third kappa shape index (κ3) is 4.22. The fraction of sp³-hybridized carbons (Fsp3) is 0.429. The summed E-state index contributed by atoms with van der Waals surface area (Å²) in [6.45, 7) is 1.78. The Hall–Kier alpha value is -1.83. The van der Waals surface area contributed by atoms with Crippen LogP contribution in [0.25, 0.3) is 0 Å². The van der Waals surface area contributed by atoms with Gasteiger partial charge < -0.3 is 14.6 Å². The Morgan fingerprint density at radius 1 is 1.38 bits per heavy atom. The zero-order valence-electron chi connectivity index (χ0n) is 16.0. The molecular weight excluding hydrogens is 460 g/mol. The highest BCUT2D eigenvalue weighted by molar-refractivity contribution is 9.10. The molecule has 0 spiro atoms. The Balaban J connectivity index is 1.52. The molecule has 1 N–H and O–H groups in total. The number of ether oxygens (including phenoxy) is 2. The molecule has 1 aliphatic carbocycles. The number of rotatable bonds is 6. The van der Waals surface area contributed by atoms with Crippen molar-refractivity contribution in [3.05, 3.63) is 50.5 Å². The molecule has 0 radical (unpaired) electrons. The summed E-state index contributed by atoms with van der Waals surface area (Å²) in [5.74, 6) is -0.262. The second-order valence-electron chi connectivity index (χ2n) is 7.46. The second kappa shape index (κ2) is 8.50. The van der Waals surface area contributed by atoms with E-state index < -0.39 is 5.97 Å². The highest BCUT2D eigenvalue weighted by Crippen LogP contribution is 2.40. The number of fused-ring (bicyclic) bond motifs is 1. The molecule has 2 aliphatic rings. The van der Waals surface area contributed by atoms with E-state index in [2.05, 4.69) is 31.9 Å². The van der Waals surface area contributed by atoms with Crippen molar-refractivity contribution in [1.82, 2.24) is 9.88 Å². The summed E-state index contributed by atoms with van der Waals surface area (Å²) in [6.07, 6.45) is 2.35. The summed E-state index contributed by atoms with van der Waals surface area (Å²) < 4.78 is 12.7. The summed E-state index contributed by atoms with van der Waals surface area (Å²) in [6, 6.07) is 7.93. The van der Waals surface area contributed by atoms with Gasteiger partial charge in [-0.3, -0.25) is 9.69 Å². The SMILES string of the molecule is COc1nc(O[C@H]2CCc3c(Br)cccc32)c(Cl)cc1CN1CC[C@@H](C(=O)O)C1. The molecule has 4 rings (SSSR count). The van der Waals surface area contributed by atoms with Crippen LogP contribution in [-0.4, -0.2) is 41.2 Å². The van der Waals surface area contributed by atoms with Gasteiger partial charge in [0.25, 0.3) is 0 Å². The van der Waals surface area contributed by atoms with E-state index >= 15 is 0 Å². The largest absolute Gasteiger partial charge is 0.481 e. The average molecular weight is 482 g/mol. The van der Waals surface area contributed by atoms with E-state index in [0.717, 1.165) is 35.0 Å². The van der Waals surface area contributed by atoms with E-state index in [1.807, 2.05) is 18.2 Å². The number of carboxylic acids is 1. The van der Waals surface area contributed by atoms with Gasteiger partial charge in [0.2, 0.25) is 11.8 Å². The highest BCUT2D eigenvalue weighted by Gasteiger charge is 2.30. The van der Waals surface area contributed by atoms with Gasteiger partial charge in [0.05, 0.1) is 13.0 Å². The fourth-order valence-corrected chi connectivity index (χ4v) is 4.91. The topological polar surface area (TPSA) is 71.9 Å². The number of hydrogen-bond donors (Lipinski definition) is 1. The number of pyridine rings is 1. The van der Waals surface area contributed by atoms with Crippen LogP contribution in [0.2, 0.25) is 5.02 Å². The van der Waals surface area contributed by atoms with E-state index in [1.54, 1.807) is 7.11 Å². The summed E-state index contributed by atoms with van der Waals surface area (Å²) in [4.78, 5) is 17.8. The van der Waals surface area contributed by atoms with Gasteiger partial charge in [0, 0.05) is 23.1 Å². The number of carbonyl (C=O) groups is 1. The van der Waals surface area contributed by atoms with E-state index in [1.165, 1.54) is 5.56 Å². The highest BCUT2D eigenvalue weighted by atomic mass is 79.9. The molecule has 1 saturated heterocycles. The molecule has 2 heterocycles. The molecule has 0 amide bonds. The monoisotopic (exact) mass is 480 g/mol. The van der Waals surface area contributed by atoms with Crippen molar-refractivity contribution in [2.45, 2.75) is 31.9 Å². The molecule has 1 aromatic heterocycles. The molecular formula is C21H22BrClN2O4. The number of likely N-dealkylation sites (tertiary alicyclic amines) is 1. The fourth-order valence-electron chi connectivity index (χ4n) is 4.11. The van der Waals surface area contributed by atoms with E-state index in [9.17, 15) is 9.90 Å². The minimum Gasteiger partial charge on any atom is -0.481 e. The summed E-state index contributed by atoms with van der Waals surface area (Å²) in [7, 11) is 1.57. The van der Waals surface area contributed by atoms with Crippen molar-refractivity contribution in [2.24, 2.45) is 5.92 Å². The van der Waals surface area contributed by atoms with Crippen LogP contribution in [0.1, 0.15) is 35.6 Å². The molecule has 2 aromatic rings. The minimum absolute atomic E-state index is 0.0991. The molecule has 0 bridgehead atoms. The summed E-state index contributed by atoms with van der Waals surface area (Å²) in [5.41, 5.74) is 3.24. The van der Waals surface area contributed by atoms with Crippen LogP contribution >= 0.6 is 27.5 Å². The van der Waals surface area contributed by atoms with Crippen LogP contribution in [0.3, 0.4) is 0 Å². The van der Waals surface area contributed by atoms with Crippen LogP contribution in [0, 0.1) is 5.92 Å². The van der Waals surface area contributed by atoms with Crippen LogP contribution in [0.5, 0.6) is 11.8 Å². The number of hydrogen-bond acceptors (Lipinski definition) is 5. The Labute approximate surface area is 182 Å². The Bertz CT molecular complexity index is 939. The molecule has 154 valence electrons. The standard InChI is InChI=1S/C21H22BrClN2O4/c1-28-19-13(11-25-8-7-12(10-25)21(26)27)9-17(23)20(24-19)29-18-6-5-14-15(18)3-2-4-16(14)22/h2-4,9,12,18H,5-8,10-11H2,1H3,(H,26,27)/t12-,18+/m1/s1. The van der Waals surface area contributed by atoms with Crippen LogP contribution in [0.4, 0.5) is 0 Å². The van der Waals surface area contributed by atoms with E-state index in [-0.39, 0.29) is 12.0 Å². The van der Waals surface area contributed by atoms with Gasteiger partial charge in [0.1, 0.15) is 11.1 Å². The lowest BCUT2D eigenvalue weighted by Gasteiger charge is -2.20. The van der Waals surface area contributed by atoms with Crippen LogP contribution < -0.4 is 9.47 Å². The maximum atomic E-state index is 11.2. The van der Waals surface area contributed by atoms with Gasteiger partial charge in [-0.2, -0.15) is 4.98 Å². The first kappa shape index (κ1) is 20.4. The Morgan fingerprint density at radius 3 is 2.93 bits per heavy atom. The molecule has 1 fully saturated rings. The molecule has 1 aliphatic heterocycles. The molecule has 0 unspecified atom stereocenters. The molecule has 2 atom stereocenters. The van der Waals surface area contributed by atoms with Crippen molar-refractivity contribution in [3.8, 4) is 11.8 Å². The van der Waals surface area contributed by atoms with Crippen LogP contribution in [0.15, 0.2) is 28.7 Å². The Kier molecular flexibility index (Phi) is 5.99. The summed E-state index contributed by atoms with van der Waals surface area (Å²) in [5, 5.41) is 9.63. The number of nitrogens with zero attached hydrogens (tertiary/aromatic N) is 2. The van der Waals surface area contributed by atoms with Crippen molar-refractivity contribution in [3.63, 3.8) is 0 Å². The van der Waals surface area contributed by atoms with Crippen molar-refractivity contribution in [2.75, 3.05) is 20.2 Å². The van der Waals surface area contributed by atoms with Gasteiger partial charge in [-0.25, -0.2) is 0 Å². The van der Waals surface area contributed by atoms with Crippen LogP contribution in [-0.2, 0) is 17.8 Å². The first-order chi connectivity index (χ1) is 14.0. The predicted octanol–water partition coefficient (Wildman–Crippen LogP) is 4.48. The van der Waals surface area contributed by atoms with Gasteiger partial charge >= 0.3 is 5.97 Å². The maximum absolute atomic E-state index is 11.2. The number of aliphatic carboxylic acids is 1. The van der Waals surface area contributed by atoms with Gasteiger partial charge in [-0.05, 0) is 49.1 Å². The Morgan fingerprint density at radius 2 is 2.21 bits per heavy atom. The van der Waals surface area contributed by atoms with Gasteiger partial charge in [-0.1, -0.05) is 39.7 Å². The third-order valence-electron chi connectivity index (χ3n) is 5.60. The molecule has 8 heteroatoms. The number of aromatic nitrogens is 1. The minimum atomic E-state index is -0.747. The zero-order chi connectivity index (χ0) is 20.5. The van der Waals surface area contributed by atoms with Gasteiger partial charge in [0.15, 0.2) is 0 Å². The molecule has 6 nitrogen and oxygen atoms in total. The lowest BCUT2D eigenvalue weighted by molar-refractivity contribution is -0.141. The molecule has 29 heavy (non-hydrogen) atoms. The lowest BCUT2D eigenvalue weighted by Crippen LogP contribution is -2.23. The number of methoxy groups -OCH3 is 1. The predicted molar refractivity (Wildman–Crippen MR) is 113 cm³/mol. The van der Waals surface area contributed by atoms with E-state index in [0.29, 0.717) is 36.3 Å². The van der Waals surface area contributed by atoms with Crippen molar-refractivity contribution >= 4 is 33.5 Å². The molecule has 1 aromatic carbocycles. The smallest absolute Gasteiger partial charge is 0.307 e. The quantitative estimate of drug-likeness (QED) is 0.656. The van der Waals surface area contributed by atoms with Crippen molar-refractivity contribution < 1.29 is 19.4 Å². The maximum Gasteiger partial charge on any atom is 0.307 e. The number of halogens is 2. The van der Waals surface area contributed by atoms with Crippen molar-refractivity contribution in [1.29, 1.82) is 0 Å². The zero-order valence-corrected chi connectivity index (χ0v) is 18.4. The number of benzene rings is 1. The molecule has 0 saturated carbocycles. The van der Waals surface area contributed by atoms with Gasteiger partial charge in [-0.15, -0.1) is 0 Å². The summed E-state index contributed by atoms with van der Waals surface area (Å²) >= 11 is 10.1.